The number of aromatic nitrogens is 2. The molecule has 0 bridgehead atoms. The Kier molecular flexibility index (Phi) is 3.63. The van der Waals surface area contributed by atoms with Crippen LogP contribution in [0.2, 0.25) is 0 Å². The Hall–Kier alpha value is -0.870. The summed E-state index contributed by atoms with van der Waals surface area (Å²) in [6.45, 7) is 6.92. The van der Waals surface area contributed by atoms with E-state index in [0.29, 0.717) is 6.04 Å². The first-order valence-electron chi connectivity index (χ1n) is 7.61. The molecule has 2 aliphatic rings. The maximum atomic E-state index is 4.42. The van der Waals surface area contributed by atoms with Crippen molar-refractivity contribution in [2.24, 2.45) is 0 Å². The van der Waals surface area contributed by atoms with Gasteiger partial charge in [0.1, 0.15) is 0 Å². The first kappa shape index (κ1) is 13.1. The molecule has 0 saturated carbocycles. The molecule has 4 heteroatoms. The lowest BCUT2D eigenvalue weighted by Gasteiger charge is -2.34. The van der Waals surface area contributed by atoms with Gasteiger partial charge in [-0.3, -0.25) is 0 Å². The van der Waals surface area contributed by atoms with Gasteiger partial charge in [0.05, 0.1) is 6.33 Å². The zero-order valence-electron chi connectivity index (χ0n) is 12.2. The summed E-state index contributed by atoms with van der Waals surface area (Å²) in [7, 11) is 2.26. The average Bonchev–Trinajstić information content (AvgIpc) is 3.02. The number of nitrogens with zero attached hydrogens (tertiary/aromatic N) is 3. The first-order valence-corrected chi connectivity index (χ1v) is 7.61. The molecular weight excluding hydrogens is 236 g/mol. The van der Waals surface area contributed by atoms with Crippen LogP contribution in [0.4, 0.5) is 0 Å². The Labute approximate surface area is 116 Å². The molecular formula is C15H26N4. The summed E-state index contributed by atoms with van der Waals surface area (Å²) >= 11 is 0. The highest BCUT2D eigenvalue weighted by molar-refractivity contribution is 5.17. The molecule has 2 saturated heterocycles. The number of hydrogen-bond acceptors (Lipinski definition) is 3. The summed E-state index contributed by atoms with van der Waals surface area (Å²) in [5.74, 6) is 0. The summed E-state index contributed by atoms with van der Waals surface area (Å²) in [6.07, 6.45) is 9.38. The lowest BCUT2D eigenvalue weighted by atomic mass is 9.86. The van der Waals surface area contributed by atoms with Crippen molar-refractivity contribution in [3.8, 4) is 0 Å². The van der Waals surface area contributed by atoms with Crippen molar-refractivity contribution >= 4 is 0 Å². The second-order valence-electron chi connectivity index (χ2n) is 6.55. The molecule has 4 nitrogen and oxygen atoms in total. The van der Waals surface area contributed by atoms with Crippen LogP contribution in [0.1, 0.15) is 38.3 Å². The van der Waals surface area contributed by atoms with Gasteiger partial charge in [0.2, 0.25) is 0 Å². The van der Waals surface area contributed by atoms with Gasteiger partial charge in [0, 0.05) is 36.4 Å². The molecule has 0 radical (unpaired) electrons. The van der Waals surface area contributed by atoms with Gasteiger partial charge >= 0.3 is 0 Å². The van der Waals surface area contributed by atoms with E-state index in [9.17, 15) is 0 Å². The van der Waals surface area contributed by atoms with E-state index >= 15 is 0 Å². The Morgan fingerprint density at radius 3 is 3.11 bits per heavy atom. The zero-order chi connectivity index (χ0) is 13.3. The number of likely N-dealkylation sites (tertiary alicyclic amines) is 1. The van der Waals surface area contributed by atoms with Gasteiger partial charge in [-0.05, 0) is 39.4 Å². The molecule has 1 N–H and O–H groups in total. The maximum absolute atomic E-state index is 4.42. The molecule has 2 fully saturated rings. The van der Waals surface area contributed by atoms with E-state index in [-0.39, 0.29) is 5.41 Å². The van der Waals surface area contributed by atoms with Gasteiger partial charge in [-0.15, -0.1) is 0 Å². The number of likely N-dealkylation sites (N-methyl/N-ethyl adjacent to an activating group) is 1. The maximum Gasteiger partial charge on any atom is 0.0948 e. The van der Waals surface area contributed by atoms with Gasteiger partial charge < -0.3 is 14.8 Å². The van der Waals surface area contributed by atoms with Crippen LogP contribution in [0.15, 0.2) is 12.5 Å². The fourth-order valence-corrected chi connectivity index (χ4v) is 3.61. The molecule has 0 amide bonds. The Morgan fingerprint density at radius 1 is 1.47 bits per heavy atom. The number of piperidine rings is 1. The third-order valence-electron chi connectivity index (χ3n) is 5.03. The summed E-state index contributed by atoms with van der Waals surface area (Å²) in [4.78, 5) is 6.94. The quantitative estimate of drug-likeness (QED) is 0.898. The van der Waals surface area contributed by atoms with Crippen LogP contribution in [-0.2, 0) is 12.0 Å². The number of nitrogens with one attached hydrogen (secondary N) is 1. The highest BCUT2D eigenvalue weighted by Gasteiger charge is 2.34. The van der Waals surface area contributed by atoms with E-state index in [1.165, 1.54) is 37.9 Å². The van der Waals surface area contributed by atoms with E-state index in [1.807, 2.05) is 6.33 Å². The van der Waals surface area contributed by atoms with Gasteiger partial charge in [-0.1, -0.05) is 13.3 Å². The van der Waals surface area contributed by atoms with Crippen molar-refractivity contribution in [1.29, 1.82) is 0 Å². The van der Waals surface area contributed by atoms with Gasteiger partial charge in [-0.25, -0.2) is 4.98 Å². The lowest BCUT2D eigenvalue weighted by Crippen LogP contribution is -2.40. The van der Waals surface area contributed by atoms with E-state index in [0.717, 1.165) is 19.6 Å². The largest absolute Gasteiger partial charge is 0.332 e. The summed E-state index contributed by atoms with van der Waals surface area (Å²) in [5, 5.41) is 3.49. The van der Waals surface area contributed by atoms with Crippen molar-refractivity contribution < 1.29 is 0 Å². The summed E-state index contributed by atoms with van der Waals surface area (Å²) < 4.78 is 2.40. The lowest BCUT2D eigenvalue weighted by molar-refractivity contribution is 0.165. The summed E-state index contributed by atoms with van der Waals surface area (Å²) in [6, 6.07) is 0.680. The molecule has 2 aliphatic heterocycles. The average molecular weight is 262 g/mol. The monoisotopic (exact) mass is 262 g/mol. The van der Waals surface area contributed by atoms with Crippen LogP contribution in [0.5, 0.6) is 0 Å². The van der Waals surface area contributed by atoms with Crippen LogP contribution in [0, 0.1) is 0 Å². The molecule has 3 heterocycles. The van der Waals surface area contributed by atoms with Crippen molar-refractivity contribution in [3.05, 3.63) is 18.2 Å². The molecule has 1 aromatic rings. The topological polar surface area (TPSA) is 33.1 Å². The molecule has 2 atom stereocenters. The fraction of sp³-hybridized carbons (Fsp3) is 0.800. The Balaban J connectivity index is 1.76. The van der Waals surface area contributed by atoms with Gasteiger partial charge in [0.25, 0.3) is 0 Å². The number of hydrogen-bond donors (Lipinski definition) is 1. The third-order valence-corrected chi connectivity index (χ3v) is 5.03. The number of rotatable bonds is 3. The van der Waals surface area contributed by atoms with Crippen LogP contribution in [0.3, 0.4) is 0 Å². The Bertz CT molecular complexity index is 420. The van der Waals surface area contributed by atoms with Crippen LogP contribution in [0.25, 0.3) is 0 Å². The molecule has 19 heavy (non-hydrogen) atoms. The second kappa shape index (κ2) is 5.25. The normalized spacial score (nSPS) is 32.8. The Morgan fingerprint density at radius 2 is 2.37 bits per heavy atom. The summed E-state index contributed by atoms with van der Waals surface area (Å²) in [5.41, 5.74) is 1.68. The van der Waals surface area contributed by atoms with E-state index in [4.69, 9.17) is 0 Å². The smallest absolute Gasteiger partial charge is 0.0948 e. The third kappa shape index (κ3) is 2.56. The minimum Gasteiger partial charge on any atom is -0.332 e. The molecule has 0 aromatic carbocycles. The van der Waals surface area contributed by atoms with Crippen LogP contribution in [-0.4, -0.2) is 47.2 Å². The van der Waals surface area contributed by atoms with Gasteiger partial charge in [-0.2, -0.15) is 0 Å². The zero-order valence-corrected chi connectivity index (χ0v) is 12.2. The standard InChI is InChI=1S/C15H26N4/c1-15(6-7-16-11-15)14-9-17-12-19(14)10-13-5-3-4-8-18(13)2/h9,12-13,16H,3-8,10-11H2,1-2H3. The molecule has 3 rings (SSSR count). The van der Waals surface area contributed by atoms with Crippen molar-refractivity contribution in [2.45, 2.75) is 50.6 Å². The van der Waals surface area contributed by atoms with E-state index < -0.39 is 0 Å². The highest BCUT2D eigenvalue weighted by atomic mass is 15.2. The van der Waals surface area contributed by atoms with E-state index in [2.05, 4.69) is 39.9 Å². The predicted molar refractivity (Wildman–Crippen MR) is 77.3 cm³/mol. The number of imidazole rings is 1. The SMILES string of the molecule is CN1CCCCC1Cn1cncc1C1(C)CCNC1. The molecule has 2 unspecified atom stereocenters. The minimum absolute atomic E-state index is 0.268. The van der Waals surface area contributed by atoms with Crippen molar-refractivity contribution in [2.75, 3.05) is 26.7 Å². The van der Waals surface area contributed by atoms with Crippen LogP contribution >= 0.6 is 0 Å². The minimum atomic E-state index is 0.268. The molecule has 106 valence electrons. The molecule has 0 aliphatic carbocycles. The predicted octanol–water partition coefficient (Wildman–Crippen LogP) is 1.62. The van der Waals surface area contributed by atoms with E-state index in [1.54, 1.807) is 0 Å². The highest BCUT2D eigenvalue weighted by Crippen LogP contribution is 2.30. The first-order chi connectivity index (χ1) is 9.19. The second-order valence-corrected chi connectivity index (χ2v) is 6.55. The molecule has 0 spiro atoms. The van der Waals surface area contributed by atoms with Gasteiger partial charge in [0.15, 0.2) is 0 Å². The van der Waals surface area contributed by atoms with Crippen LogP contribution < -0.4 is 5.32 Å². The van der Waals surface area contributed by atoms with Crippen molar-refractivity contribution in [3.63, 3.8) is 0 Å². The van der Waals surface area contributed by atoms with Crippen molar-refractivity contribution in [1.82, 2.24) is 19.8 Å². The fourth-order valence-electron chi connectivity index (χ4n) is 3.61. The molecule has 1 aromatic heterocycles.